The van der Waals surface area contributed by atoms with E-state index in [4.69, 9.17) is 14.2 Å². The highest BCUT2D eigenvalue weighted by Crippen LogP contribution is 2.36. The molecule has 2 aliphatic heterocycles. The number of carbonyl (C=O) groups is 1. The Balaban J connectivity index is 1.49. The molecule has 1 atom stereocenters. The van der Waals surface area contributed by atoms with E-state index in [0.29, 0.717) is 26.3 Å². The van der Waals surface area contributed by atoms with Crippen LogP contribution in [0.4, 0.5) is 0 Å². The lowest BCUT2D eigenvalue weighted by atomic mass is 9.83. The van der Waals surface area contributed by atoms with Gasteiger partial charge >= 0.3 is 0 Å². The van der Waals surface area contributed by atoms with Gasteiger partial charge in [-0.15, -0.1) is 0 Å². The smallest absolute Gasteiger partial charge is 0.291 e. The van der Waals surface area contributed by atoms with Gasteiger partial charge in [-0.05, 0) is 32.3 Å². The van der Waals surface area contributed by atoms with Crippen molar-refractivity contribution < 1.29 is 19.0 Å². The van der Waals surface area contributed by atoms with E-state index in [1.54, 1.807) is 18.5 Å². The monoisotopic (exact) mass is 349 g/mol. The Labute approximate surface area is 148 Å². The lowest BCUT2D eigenvalue weighted by Crippen LogP contribution is -2.52. The molecule has 0 aromatic carbocycles. The summed E-state index contributed by atoms with van der Waals surface area (Å²) >= 11 is 0. The zero-order valence-electron chi connectivity index (χ0n) is 14.9. The Morgan fingerprint density at radius 2 is 2.08 bits per heavy atom. The fraction of sp³-hybridized carbons (Fsp3) is 0.722. The number of hydrogen-bond acceptors (Lipinski definition) is 6. The van der Waals surface area contributed by atoms with Crippen molar-refractivity contribution in [1.82, 2.24) is 14.9 Å². The summed E-state index contributed by atoms with van der Waals surface area (Å²) in [5.74, 6) is 0.163. The van der Waals surface area contributed by atoms with E-state index in [0.717, 1.165) is 38.9 Å². The predicted octanol–water partition coefficient (Wildman–Crippen LogP) is 1.68. The van der Waals surface area contributed by atoms with Crippen LogP contribution in [-0.2, 0) is 14.2 Å². The zero-order chi connectivity index (χ0) is 17.5. The Kier molecular flexibility index (Phi) is 6.34. The first-order valence-electron chi connectivity index (χ1n) is 9.12. The number of hydrogen-bond donors (Lipinski definition) is 0. The third-order valence-electron chi connectivity index (χ3n) is 4.95. The van der Waals surface area contributed by atoms with E-state index < -0.39 is 0 Å². The Morgan fingerprint density at radius 3 is 2.80 bits per heavy atom. The van der Waals surface area contributed by atoms with Gasteiger partial charge in [0.15, 0.2) is 0 Å². The number of ether oxygens (including phenoxy) is 3. The lowest BCUT2D eigenvalue weighted by molar-refractivity contribution is -0.155. The molecule has 7 heteroatoms. The molecule has 0 N–H and O–H groups in total. The van der Waals surface area contributed by atoms with E-state index in [1.807, 2.05) is 11.8 Å². The minimum Gasteiger partial charge on any atom is -0.379 e. The Hall–Kier alpha value is -1.57. The summed E-state index contributed by atoms with van der Waals surface area (Å²) in [4.78, 5) is 22.4. The average Bonchev–Trinajstić information content (AvgIpc) is 2.66. The van der Waals surface area contributed by atoms with Crippen LogP contribution < -0.4 is 0 Å². The van der Waals surface area contributed by atoms with Gasteiger partial charge in [0.05, 0.1) is 24.9 Å². The second kappa shape index (κ2) is 8.69. The van der Waals surface area contributed by atoms with Crippen molar-refractivity contribution in [3.05, 3.63) is 24.3 Å². The molecule has 0 aliphatic carbocycles. The van der Waals surface area contributed by atoms with E-state index >= 15 is 0 Å². The molecule has 1 aromatic rings. The van der Waals surface area contributed by atoms with Crippen molar-refractivity contribution in [2.24, 2.45) is 0 Å². The van der Waals surface area contributed by atoms with Gasteiger partial charge in [0, 0.05) is 45.1 Å². The van der Waals surface area contributed by atoms with Crippen LogP contribution in [-0.4, -0.2) is 72.0 Å². The molecule has 3 rings (SSSR count). The van der Waals surface area contributed by atoms with Gasteiger partial charge in [-0.25, -0.2) is 9.97 Å². The highest BCUT2D eigenvalue weighted by atomic mass is 16.5. The third kappa shape index (κ3) is 4.74. The fourth-order valence-electron chi connectivity index (χ4n) is 3.56. The van der Waals surface area contributed by atoms with Crippen LogP contribution in [0.2, 0.25) is 0 Å². The summed E-state index contributed by atoms with van der Waals surface area (Å²) in [6.07, 6.45) is 6.89. The predicted molar refractivity (Wildman–Crippen MR) is 91.3 cm³/mol. The molecule has 1 amide bonds. The van der Waals surface area contributed by atoms with Crippen molar-refractivity contribution in [2.75, 3.05) is 39.5 Å². The maximum Gasteiger partial charge on any atom is 0.291 e. The van der Waals surface area contributed by atoms with Crippen LogP contribution in [0.1, 0.15) is 43.2 Å². The van der Waals surface area contributed by atoms with Gasteiger partial charge < -0.3 is 19.1 Å². The van der Waals surface area contributed by atoms with Crippen molar-refractivity contribution >= 4 is 5.91 Å². The van der Waals surface area contributed by atoms with Gasteiger partial charge in [0.2, 0.25) is 5.82 Å². The van der Waals surface area contributed by atoms with Crippen LogP contribution in [0.3, 0.4) is 0 Å². The van der Waals surface area contributed by atoms with E-state index in [9.17, 15) is 4.79 Å². The number of nitrogens with zero attached hydrogens (tertiary/aromatic N) is 3. The van der Waals surface area contributed by atoms with Gasteiger partial charge in [0.25, 0.3) is 5.91 Å². The number of amides is 1. The SMILES string of the molecule is CCOCCOC1CCOC2(CCN(C(=O)c3ncccn3)CC2)C1. The maximum absolute atomic E-state index is 12.5. The second-order valence-corrected chi connectivity index (χ2v) is 6.58. The standard InChI is InChI=1S/C18H27N3O4/c1-2-23-12-13-24-15-4-11-25-18(14-15)5-9-21(10-6-18)17(22)16-19-7-3-8-20-16/h3,7-8,15H,2,4-6,9-14H2,1H3. The zero-order valence-corrected chi connectivity index (χ0v) is 14.9. The number of piperidine rings is 1. The van der Waals surface area contributed by atoms with Gasteiger partial charge in [0.1, 0.15) is 0 Å². The molecule has 1 spiro atoms. The molecule has 0 radical (unpaired) electrons. The van der Waals surface area contributed by atoms with Crippen LogP contribution in [0, 0.1) is 0 Å². The first-order valence-corrected chi connectivity index (χ1v) is 9.12. The maximum atomic E-state index is 12.5. The molecule has 1 aromatic heterocycles. The minimum absolute atomic E-state index is 0.101. The van der Waals surface area contributed by atoms with Crippen molar-refractivity contribution in [3.63, 3.8) is 0 Å². The lowest BCUT2D eigenvalue weighted by Gasteiger charge is -2.45. The van der Waals surface area contributed by atoms with E-state index in [2.05, 4.69) is 9.97 Å². The number of aromatic nitrogens is 2. The van der Waals surface area contributed by atoms with Crippen molar-refractivity contribution in [3.8, 4) is 0 Å². The largest absolute Gasteiger partial charge is 0.379 e. The molecular formula is C18H27N3O4. The average molecular weight is 349 g/mol. The van der Waals surface area contributed by atoms with E-state index in [-0.39, 0.29) is 23.4 Å². The van der Waals surface area contributed by atoms with Crippen LogP contribution >= 0.6 is 0 Å². The molecule has 3 heterocycles. The summed E-state index contributed by atoms with van der Waals surface area (Å²) in [6.45, 7) is 6.03. The van der Waals surface area contributed by atoms with Gasteiger partial charge in [-0.3, -0.25) is 4.79 Å². The van der Waals surface area contributed by atoms with Gasteiger partial charge in [-0.1, -0.05) is 0 Å². The molecule has 2 saturated heterocycles. The molecular weight excluding hydrogens is 322 g/mol. The summed E-state index contributed by atoms with van der Waals surface area (Å²) in [7, 11) is 0. The third-order valence-corrected chi connectivity index (χ3v) is 4.95. The minimum atomic E-state index is -0.164. The first-order chi connectivity index (χ1) is 12.2. The quantitative estimate of drug-likeness (QED) is 0.728. The number of rotatable bonds is 6. The molecule has 138 valence electrons. The van der Waals surface area contributed by atoms with Crippen LogP contribution in [0.15, 0.2) is 18.5 Å². The molecule has 7 nitrogen and oxygen atoms in total. The van der Waals surface area contributed by atoms with Crippen LogP contribution in [0.25, 0.3) is 0 Å². The summed E-state index contributed by atoms with van der Waals surface area (Å²) in [5.41, 5.74) is -0.164. The highest BCUT2D eigenvalue weighted by molar-refractivity contribution is 5.90. The normalized spacial score (nSPS) is 22.9. The fourth-order valence-corrected chi connectivity index (χ4v) is 3.56. The molecule has 0 bridgehead atoms. The first kappa shape index (κ1) is 18.2. The molecule has 1 unspecified atom stereocenters. The molecule has 2 aliphatic rings. The second-order valence-electron chi connectivity index (χ2n) is 6.58. The van der Waals surface area contributed by atoms with Gasteiger partial charge in [-0.2, -0.15) is 0 Å². The van der Waals surface area contributed by atoms with Crippen LogP contribution in [0.5, 0.6) is 0 Å². The molecule has 2 fully saturated rings. The number of likely N-dealkylation sites (tertiary alicyclic amines) is 1. The topological polar surface area (TPSA) is 73.8 Å². The van der Waals surface area contributed by atoms with Crippen molar-refractivity contribution in [2.45, 2.75) is 44.3 Å². The molecule has 0 saturated carbocycles. The Bertz CT molecular complexity index is 547. The summed E-state index contributed by atoms with van der Waals surface area (Å²) < 4.78 is 17.4. The van der Waals surface area contributed by atoms with Crippen molar-refractivity contribution in [1.29, 1.82) is 0 Å². The molecule has 25 heavy (non-hydrogen) atoms. The highest BCUT2D eigenvalue weighted by Gasteiger charge is 2.41. The number of carbonyl (C=O) groups excluding carboxylic acids is 1. The summed E-state index contributed by atoms with van der Waals surface area (Å²) in [6, 6.07) is 1.71. The van der Waals surface area contributed by atoms with E-state index in [1.165, 1.54) is 0 Å². The summed E-state index contributed by atoms with van der Waals surface area (Å²) in [5, 5.41) is 0. The Morgan fingerprint density at radius 1 is 1.32 bits per heavy atom.